The van der Waals surface area contributed by atoms with E-state index in [2.05, 4.69) is 35.8 Å². The first-order valence-electron chi connectivity index (χ1n) is 9.42. The second-order valence-electron chi connectivity index (χ2n) is 6.99. The van der Waals surface area contributed by atoms with E-state index in [1.807, 2.05) is 47.4 Å². The molecule has 0 spiro atoms. The first-order valence-corrected chi connectivity index (χ1v) is 10.6. The predicted octanol–water partition coefficient (Wildman–Crippen LogP) is 4.90. The van der Waals surface area contributed by atoms with Crippen LogP contribution in [0.2, 0.25) is 0 Å². The molecular weight excluding hydrogens is 384 g/mol. The number of anilines is 1. The summed E-state index contributed by atoms with van der Waals surface area (Å²) >= 11 is 1.70. The van der Waals surface area contributed by atoms with E-state index < -0.39 is 0 Å². The van der Waals surface area contributed by atoms with E-state index in [4.69, 9.17) is 9.47 Å². The molecule has 0 radical (unpaired) electrons. The summed E-state index contributed by atoms with van der Waals surface area (Å²) in [6.07, 6.45) is 1.80. The molecule has 146 valence electrons. The Kier molecular flexibility index (Phi) is 4.56. The van der Waals surface area contributed by atoms with Gasteiger partial charge in [0.15, 0.2) is 11.5 Å². The zero-order valence-electron chi connectivity index (χ0n) is 15.9. The summed E-state index contributed by atoms with van der Waals surface area (Å²) in [5, 5.41) is 3.55. The molecule has 2 aliphatic rings. The summed E-state index contributed by atoms with van der Waals surface area (Å²) in [5.74, 6) is 1.48. The lowest BCUT2D eigenvalue weighted by Crippen LogP contribution is -2.42. The number of hydrogen-bond acceptors (Lipinski definition) is 5. The molecule has 0 saturated heterocycles. The average Bonchev–Trinajstić information content (AvgIpc) is 3.24. The Balaban J connectivity index is 1.52. The maximum absolute atomic E-state index is 13.4. The van der Waals surface area contributed by atoms with Crippen LogP contribution in [-0.2, 0) is 6.54 Å². The fourth-order valence-corrected chi connectivity index (χ4v) is 4.15. The Bertz CT molecular complexity index is 1070. The van der Waals surface area contributed by atoms with Crippen LogP contribution in [0.25, 0.3) is 0 Å². The van der Waals surface area contributed by atoms with Gasteiger partial charge in [0.25, 0.3) is 5.91 Å². The number of hydrogen-bond donors (Lipinski definition) is 1. The molecule has 3 aromatic rings. The zero-order valence-corrected chi connectivity index (χ0v) is 16.7. The molecule has 0 bridgehead atoms. The Morgan fingerprint density at radius 1 is 1.03 bits per heavy atom. The van der Waals surface area contributed by atoms with Crippen LogP contribution in [0.5, 0.6) is 11.5 Å². The summed E-state index contributed by atoms with van der Waals surface area (Å²) in [6, 6.07) is 21.8. The minimum atomic E-state index is -0.251. The number of benzene rings is 3. The second-order valence-corrected chi connectivity index (χ2v) is 7.87. The molecule has 2 aliphatic heterocycles. The number of para-hydroxylation sites is 1. The molecular formula is C23H20N2O3S. The third-order valence-electron chi connectivity index (χ3n) is 5.24. The van der Waals surface area contributed by atoms with Crippen LogP contribution in [-0.4, -0.2) is 23.9 Å². The van der Waals surface area contributed by atoms with Gasteiger partial charge < -0.3 is 19.7 Å². The number of amides is 1. The highest BCUT2D eigenvalue weighted by Crippen LogP contribution is 2.37. The number of carbonyl (C=O) groups excluding carboxylic acids is 1. The van der Waals surface area contributed by atoms with Gasteiger partial charge in [-0.3, -0.25) is 4.79 Å². The van der Waals surface area contributed by atoms with Crippen LogP contribution in [0.15, 0.2) is 71.6 Å². The number of rotatable bonds is 4. The molecule has 0 aromatic heterocycles. The number of thioether (sulfide) groups is 1. The lowest BCUT2D eigenvalue weighted by Gasteiger charge is -2.38. The van der Waals surface area contributed by atoms with Crippen molar-refractivity contribution in [2.75, 3.05) is 18.4 Å². The van der Waals surface area contributed by atoms with Crippen LogP contribution in [0.4, 0.5) is 5.69 Å². The topological polar surface area (TPSA) is 50.8 Å². The highest BCUT2D eigenvalue weighted by molar-refractivity contribution is 7.98. The lowest BCUT2D eigenvalue weighted by molar-refractivity contribution is 0.0666. The van der Waals surface area contributed by atoms with Crippen molar-refractivity contribution < 1.29 is 14.3 Å². The SMILES string of the molecule is CSc1ccc(C2Nc3ccccc3C(=O)N2Cc2ccc3c(c2)OCO3)cc1. The second kappa shape index (κ2) is 7.37. The fourth-order valence-electron chi connectivity index (χ4n) is 3.74. The summed E-state index contributed by atoms with van der Waals surface area (Å²) < 4.78 is 10.9. The third kappa shape index (κ3) is 3.29. The fraction of sp³-hybridized carbons (Fsp3) is 0.174. The molecule has 1 unspecified atom stereocenters. The van der Waals surface area contributed by atoms with Gasteiger partial charge in [0, 0.05) is 17.1 Å². The Hall–Kier alpha value is -3.12. The van der Waals surface area contributed by atoms with Gasteiger partial charge in [-0.1, -0.05) is 30.3 Å². The molecule has 3 aromatic carbocycles. The van der Waals surface area contributed by atoms with E-state index in [-0.39, 0.29) is 18.9 Å². The summed E-state index contributed by atoms with van der Waals surface area (Å²) in [7, 11) is 0. The van der Waals surface area contributed by atoms with Crippen LogP contribution in [0.1, 0.15) is 27.7 Å². The van der Waals surface area contributed by atoms with E-state index in [1.165, 1.54) is 4.90 Å². The molecule has 29 heavy (non-hydrogen) atoms. The maximum atomic E-state index is 13.4. The standard InChI is InChI=1S/C23H20N2O3S/c1-29-17-9-7-16(8-10-17)22-24-19-5-3-2-4-18(19)23(26)25(22)13-15-6-11-20-21(12-15)28-14-27-20/h2-12,22,24H,13-14H2,1H3. The van der Waals surface area contributed by atoms with Gasteiger partial charge in [-0.15, -0.1) is 11.8 Å². The number of carbonyl (C=O) groups is 1. The van der Waals surface area contributed by atoms with Crippen molar-refractivity contribution in [2.45, 2.75) is 17.6 Å². The van der Waals surface area contributed by atoms with Gasteiger partial charge in [0.05, 0.1) is 5.56 Å². The zero-order chi connectivity index (χ0) is 19.8. The Morgan fingerprint density at radius 2 is 1.83 bits per heavy atom. The molecule has 0 aliphatic carbocycles. The van der Waals surface area contributed by atoms with Crippen LogP contribution >= 0.6 is 11.8 Å². The Morgan fingerprint density at radius 3 is 2.66 bits per heavy atom. The summed E-state index contributed by atoms with van der Waals surface area (Å²) in [4.78, 5) is 16.4. The van der Waals surface area contributed by atoms with Gasteiger partial charge in [0.2, 0.25) is 6.79 Å². The van der Waals surface area contributed by atoms with Crippen molar-refractivity contribution in [3.63, 3.8) is 0 Å². The van der Waals surface area contributed by atoms with Crippen molar-refractivity contribution in [3.8, 4) is 11.5 Å². The van der Waals surface area contributed by atoms with Gasteiger partial charge >= 0.3 is 0 Å². The molecule has 5 nitrogen and oxygen atoms in total. The highest BCUT2D eigenvalue weighted by Gasteiger charge is 2.33. The van der Waals surface area contributed by atoms with E-state index in [1.54, 1.807) is 11.8 Å². The van der Waals surface area contributed by atoms with Crippen molar-refractivity contribution in [2.24, 2.45) is 0 Å². The van der Waals surface area contributed by atoms with Gasteiger partial charge in [-0.05, 0) is 53.8 Å². The number of nitrogens with one attached hydrogen (secondary N) is 1. The normalized spacial score (nSPS) is 17.1. The summed E-state index contributed by atoms with van der Waals surface area (Å²) in [5.41, 5.74) is 3.59. The molecule has 5 rings (SSSR count). The first-order chi connectivity index (χ1) is 14.2. The van der Waals surface area contributed by atoms with Gasteiger partial charge in [0.1, 0.15) is 6.17 Å². The molecule has 1 atom stereocenters. The maximum Gasteiger partial charge on any atom is 0.258 e. The van der Waals surface area contributed by atoms with Crippen LogP contribution < -0.4 is 14.8 Å². The van der Waals surface area contributed by atoms with E-state index in [9.17, 15) is 4.79 Å². The number of ether oxygens (including phenoxy) is 2. The van der Waals surface area contributed by atoms with E-state index in [0.29, 0.717) is 12.1 Å². The lowest BCUT2D eigenvalue weighted by atomic mass is 10.0. The van der Waals surface area contributed by atoms with Gasteiger partial charge in [-0.2, -0.15) is 0 Å². The van der Waals surface area contributed by atoms with E-state index in [0.717, 1.165) is 28.3 Å². The minimum absolute atomic E-state index is 0.0101. The van der Waals surface area contributed by atoms with Crippen molar-refractivity contribution in [1.29, 1.82) is 0 Å². The molecule has 2 heterocycles. The average molecular weight is 404 g/mol. The smallest absolute Gasteiger partial charge is 0.258 e. The molecule has 1 amide bonds. The highest BCUT2D eigenvalue weighted by atomic mass is 32.2. The molecule has 0 saturated carbocycles. The third-order valence-corrected chi connectivity index (χ3v) is 5.99. The van der Waals surface area contributed by atoms with Crippen molar-refractivity contribution in [1.82, 2.24) is 4.90 Å². The number of fused-ring (bicyclic) bond motifs is 2. The van der Waals surface area contributed by atoms with Crippen LogP contribution in [0.3, 0.4) is 0 Å². The first kappa shape index (κ1) is 17.9. The summed E-state index contributed by atoms with van der Waals surface area (Å²) in [6.45, 7) is 0.701. The van der Waals surface area contributed by atoms with Crippen LogP contribution in [0, 0.1) is 0 Å². The monoisotopic (exact) mass is 404 g/mol. The quantitative estimate of drug-likeness (QED) is 0.627. The largest absolute Gasteiger partial charge is 0.454 e. The van der Waals surface area contributed by atoms with Crippen molar-refractivity contribution >= 4 is 23.4 Å². The molecule has 6 heteroatoms. The minimum Gasteiger partial charge on any atom is -0.454 e. The molecule has 1 N–H and O–H groups in total. The number of nitrogens with zero attached hydrogens (tertiary/aromatic N) is 1. The van der Waals surface area contributed by atoms with E-state index >= 15 is 0 Å². The predicted molar refractivity (Wildman–Crippen MR) is 113 cm³/mol. The van der Waals surface area contributed by atoms with Crippen molar-refractivity contribution in [3.05, 3.63) is 83.4 Å². The molecule has 0 fully saturated rings. The Labute approximate surface area is 173 Å². The van der Waals surface area contributed by atoms with Gasteiger partial charge in [-0.25, -0.2) is 0 Å².